The largest absolute Gasteiger partial charge is 0.319 e. The van der Waals surface area contributed by atoms with Gasteiger partial charge in [-0.1, -0.05) is 13.0 Å². The van der Waals surface area contributed by atoms with Crippen LogP contribution in [-0.2, 0) is 10.0 Å². The molecule has 108 valence electrons. The summed E-state index contributed by atoms with van der Waals surface area (Å²) in [5, 5.41) is 3.67. The molecule has 2 rings (SSSR count). The molecule has 0 amide bonds. The monoisotopic (exact) mass is 293 g/mol. The van der Waals surface area contributed by atoms with E-state index in [0.29, 0.717) is 17.4 Å². The van der Waals surface area contributed by atoms with Crippen LogP contribution >= 0.6 is 0 Å². The lowest BCUT2D eigenvalue weighted by Crippen LogP contribution is -2.32. The summed E-state index contributed by atoms with van der Waals surface area (Å²) in [6, 6.07) is 8.63. The summed E-state index contributed by atoms with van der Waals surface area (Å²) in [4.78, 5) is 4.46. The quantitative estimate of drug-likeness (QED) is 0.844. The van der Waals surface area contributed by atoms with Crippen LogP contribution in [0.1, 0.15) is 6.92 Å². The highest BCUT2D eigenvalue weighted by molar-refractivity contribution is 7.89. The zero-order valence-electron chi connectivity index (χ0n) is 11.6. The van der Waals surface area contributed by atoms with Crippen molar-refractivity contribution in [3.05, 3.63) is 36.5 Å². The maximum absolute atomic E-state index is 12.4. The van der Waals surface area contributed by atoms with E-state index >= 15 is 0 Å². The molecular formula is C14H19N3O2S. The van der Waals surface area contributed by atoms with Crippen LogP contribution in [0, 0.1) is 5.92 Å². The number of hydrogen-bond acceptors (Lipinski definition) is 4. The highest BCUT2D eigenvalue weighted by Crippen LogP contribution is 2.20. The Morgan fingerprint density at radius 3 is 2.75 bits per heavy atom. The molecule has 2 aromatic rings. The van der Waals surface area contributed by atoms with Gasteiger partial charge in [-0.05, 0) is 43.8 Å². The number of nitrogens with zero attached hydrogens (tertiary/aromatic N) is 1. The summed E-state index contributed by atoms with van der Waals surface area (Å²) in [6.07, 6.45) is 1.65. The summed E-state index contributed by atoms with van der Waals surface area (Å²) < 4.78 is 27.4. The summed E-state index contributed by atoms with van der Waals surface area (Å²) in [5.74, 6) is 0.225. The molecule has 6 heteroatoms. The molecule has 2 N–H and O–H groups in total. The van der Waals surface area contributed by atoms with Crippen molar-refractivity contribution >= 4 is 20.9 Å². The van der Waals surface area contributed by atoms with E-state index < -0.39 is 10.0 Å². The molecule has 20 heavy (non-hydrogen) atoms. The smallest absolute Gasteiger partial charge is 0.241 e. The van der Waals surface area contributed by atoms with Crippen LogP contribution in [0.15, 0.2) is 41.4 Å². The molecule has 0 spiro atoms. The molecule has 0 bridgehead atoms. The number of aromatic nitrogens is 1. The molecule has 0 aliphatic rings. The Bertz CT molecular complexity index is 680. The summed E-state index contributed by atoms with van der Waals surface area (Å²) >= 11 is 0. The van der Waals surface area contributed by atoms with E-state index in [0.717, 1.165) is 6.54 Å². The van der Waals surface area contributed by atoms with Gasteiger partial charge in [-0.25, -0.2) is 13.1 Å². The summed E-state index contributed by atoms with van der Waals surface area (Å²) in [6.45, 7) is 3.16. The Kier molecular flexibility index (Phi) is 4.69. The lowest BCUT2D eigenvalue weighted by atomic mass is 10.2. The lowest BCUT2D eigenvalue weighted by molar-refractivity contribution is 0.519. The molecule has 0 saturated heterocycles. The Balaban J connectivity index is 2.28. The molecule has 1 unspecified atom stereocenters. The van der Waals surface area contributed by atoms with Gasteiger partial charge in [-0.3, -0.25) is 4.98 Å². The van der Waals surface area contributed by atoms with Crippen molar-refractivity contribution < 1.29 is 8.42 Å². The predicted molar refractivity (Wildman–Crippen MR) is 80.0 cm³/mol. The third-order valence-corrected chi connectivity index (χ3v) is 4.55. The first-order chi connectivity index (χ1) is 9.54. The van der Waals surface area contributed by atoms with Crippen molar-refractivity contribution in [1.82, 2.24) is 15.0 Å². The van der Waals surface area contributed by atoms with E-state index in [2.05, 4.69) is 15.0 Å². The zero-order valence-corrected chi connectivity index (χ0v) is 12.4. The molecule has 0 saturated carbocycles. The Labute approximate surface area is 119 Å². The average Bonchev–Trinajstić information content (AvgIpc) is 2.45. The van der Waals surface area contributed by atoms with E-state index in [4.69, 9.17) is 0 Å². The Morgan fingerprint density at radius 2 is 2.00 bits per heavy atom. The highest BCUT2D eigenvalue weighted by Gasteiger charge is 2.17. The van der Waals surface area contributed by atoms with Crippen LogP contribution < -0.4 is 10.0 Å². The minimum atomic E-state index is -3.52. The van der Waals surface area contributed by atoms with Gasteiger partial charge >= 0.3 is 0 Å². The normalized spacial score (nSPS) is 13.5. The first-order valence-corrected chi connectivity index (χ1v) is 8.01. The molecule has 0 aliphatic carbocycles. The number of nitrogens with one attached hydrogen (secondary N) is 2. The first-order valence-electron chi connectivity index (χ1n) is 6.52. The van der Waals surface area contributed by atoms with E-state index in [1.165, 1.54) is 0 Å². The van der Waals surface area contributed by atoms with Crippen LogP contribution in [-0.4, -0.2) is 33.5 Å². The standard InChI is InChI=1S/C14H19N3O2S/c1-11(9-15-2)10-17-20(18,19)14-7-3-6-13-12(14)5-4-8-16-13/h3-8,11,15,17H,9-10H2,1-2H3. The van der Waals surface area contributed by atoms with Gasteiger partial charge < -0.3 is 5.32 Å². The van der Waals surface area contributed by atoms with Gasteiger partial charge in [0, 0.05) is 18.1 Å². The van der Waals surface area contributed by atoms with Gasteiger partial charge in [0.25, 0.3) is 0 Å². The minimum Gasteiger partial charge on any atom is -0.319 e. The second-order valence-corrected chi connectivity index (χ2v) is 6.58. The number of sulfonamides is 1. The van der Waals surface area contributed by atoms with E-state index in [1.54, 1.807) is 36.5 Å². The summed E-state index contributed by atoms with van der Waals surface area (Å²) in [5.41, 5.74) is 0.679. The van der Waals surface area contributed by atoms with Crippen LogP contribution in [0.4, 0.5) is 0 Å². The van der Waals surface area contributed by atoms with Crippen molar-refractivity contribution in [3.63, 3.8) is 0 Å². The minimum absolute atomic E-state index is 0.225. The second-order valence-electron chi connectivity index (χ2n) is 4.84. The van der Waals surface area contributed by atoms with E-state index in [-0.39, 0.29) is 10.8 Å². The molecule has 1 aromatic heterocycles. The van der Waals surface area contributed by atoms with Gasteiger partial charge in [0.2, 0.25) is 10.0 Å². The molecule has 1 atom stereocenters. The molecule has 1 aromatic carbocycles. The third-order valence-electron chi connectivity index (χ3n) is 3.07. The Hall–Kier alpha value is -1.50. The van der Waals surface area contributed by atoms with E-state index in [1.807, 2.05) is 14.0 Å². The van der Waals surface area contributed by atoms with Gasteiger partial charge in [-0.15, -0.1) is 0 Å². The van der Waals surface area contributed by atoms with Crippen LogP contribution in [0.25, 0.3) is 10.9 Å². The number of benzene rings is 1. The fraction of sp³-hybridized carbons (Fsp3) is 0.357. The number of pyridine rings is 1. The number of fused-ring (bicyclic) bond motifs is 1. The maximum atomic E-state index is 12.4. The second kappa shape index (κ2) is 6.30. The molecule has 5 nitrogen and oxygen atoms in total. The first kappa shape index (κ1) is 14.9. The SMILES string of the molecule is CNCC(C)CNS(=O)(=O)c1cccc2ncccc12. The van der Waals surface area contributed by atoms with Gasteiger partial charge in [0.1, 0.15) is 0 Å². The van der Waals surface area contributed by atoms with Gasteiger partial charge in [0.15, 0.2) is 0 Å². The van der Waals surface area contributed by atoms with Crippen LogP contribution in [0.2, 0.25) is 0 Å². The fourth-order valence-corrected chi connectivity index (χ4v) is 3.44. The number of hydrogen-bond donors (Lipinski definition) is 2. The molecule has 0 radical (unpaired) electrons. The third kappa shape index (κ3) is 3.33. The fourth-order valence-electron chi connectivity index (χ4n) is 2.06. The topological polar surface area (TPSA) is 71.1 Å². The van der Waals surface area contributed by atoms with E-state index in [9.17, 15) is 8.42 Å². The van der Waals surface area contributed by atoms with Crippen LogP contribution in [0.5, 0.6) is 0 Å². The molecule has 0 aliphatic heterocycles. The Morgan fingerprint density at radius 1 is 1.20 bits per heavy atom. The zero-order chi connectivity index (χ0) is 14.6. The molecular weight excluding hydrogens is 274 g/mol. The molecule has 0 fully saturated rings. The summed E-state index contributed by atoms with van der Waals surface area (Å²) in [7, 11) is -1.67. The van der Waals surface area contributed by atoms with Crippen molar-refractivity contribution in [2.24, 2.45) is 5.92 Å². The average molecular weight is 293 g/mol. The highest BCUT2D eigenvalue weighted by atomic mass is 32.2. The molecule has 1 heterocycles. The van der Waals surface area contributed by atoms with Crippen molar-refractivity contribution in [2.75, 3.05) is 20.1 Å². The van der Waals surface area contributed by atoms with Gasteiger partial charge in [-0.2, -0.15) is 0 Å². The maximum Gasteiger partial charge on any atom is 0.241 e. The number of rotatable bonds is 6. The van der Waals surface area contributed by atoms with Gasteiger partial charge in [0.05, 0.1) is 10.4 Å². The van der Waals surface area contributed by atoms with Crippen LogP contribution in [0.3, 0.4) is 0 Å². The van der Waals surface area contributed by atoms with Crippen molar-refractivity contribution in [3.8, 4) is 0 Å². The lowest BCUT2D eigenvalue weighted by Gasteiger charge is -2.13. The van der Waals surface area contributed by atoms with Crippen molar-refractivity contribution in [2.45, 2.75) is 11.8 Å². The van der Waals surface area contributed by atoms with Crippen molar-refractivity contribution in [1.29, 1.82) is 0 Å². The predicted octanol–water partition coefficient (Wildman–Crippen LogP) is 1.37.